The molecule has 1 spiro atoms. The number of hydrogen-bond acceptors (Lipinski definition) is 3. The number of likely N-dealkylation sites (N-methyl/N-ethyl adjacent to an activating group) is 1. The van der Waals surface area contributed by atoms with E-state index in [0.717, 1.165) is 0 Å². The molecule has 5 heteroatoms. The molecule has 2 heterocycles. The molecule has 0 bridgehead atoms. The molecule has 5 nitrogen and oxygen atoms in total. The number of nitrogens with zero attached hydrogens (tertiary/aromatic N) is 2. The Morgan fingerprint density at radius 3 is 2.47 bits per heavy atom. The number of aromatic nitrogens is 1. The molecule has 0 saturated heterocycles. The molecule has 1 fully saturated rings. The molecule has 30 heavy (non-hydrogen) atoms. The Hall–Kier alpha value is -1.85. The maximum absolute atomic E-state index is 9.06. The zero-order valence-corrected chi connectivity index (χ0v) is 19.6. The number of H-pyrrole nitrogens is 1. The van der Waals surface area contributed by atoms with Crippen LogP contribution in [0.5, 0.6) is 0 Å². The van der Waals surface area contributed by atoms with Gasteiger partial charge in [-0.2, -0.15) is 0 Å². The molecule has 1 amide bonds. The largest absolute Gasteiger partial charge is 0.362 e. The van der Waals surface area contributed by atoms with E-state index in [1.54, 1.807) is 12.6 Å². The van der Waals surface area contributed by atoms with Crippen molar-refractivity contribution in [1.82, 2.24) is 20.1 Å². The van der Waals surface area contributed by atoms with Gasteiger partial charge in [0, 0.05) is 35.7 Å². The van der Waals surface area contributed by atoms with E-state index in [1.807, 2.05) is 0 Å². The second-order valence-electron chi connectivity index (χ2n) is 9.36. The molecule has 1 aliphatic carbocycles. The molecule has 2 aromatic rings. The average molecular weight is 413 g/mol. The lowest BCUT2D eigenvalue weighted by molar-refractivity contribution is -0.109. The van der Waals surface area contributed by atoms with Crippen LogP contribution in [0.1, 0.15) is 63.1 Å². The van der Waals surface area contributed by atoms with Gasteiger partial charge < -0.3 is 15.2 Å². The summed E-state index contributed by atoms with van der Waals surface area (Å²) in [6.45, 7) is 3.50. The highest BCUT2D eigenvalue weighted by Gasteiger charge is 2.49. The zero-order valence-electron chi connectivity index (χ0n) is 19.6. The number of unbranched alkanes of at least 4 members (excludes halogenated alkanes) is 1. The van der Waals surface area contributed by atoms with Gasteiger partial charge in [-0.15, -0.1) is 0 Å². The minimum Gasteiger partial charge on any atom is -0.362 e. The molecule has 2 aliphatic rings. The van der Waals surface area contributed by atoms with Crippen molar-refractivity contribution in [3.05, 3.63) is 35.5 Å². The van der Waals surface area contributed by atoms with Crippen molar-refractivity contribution in [3.8, 4) is 0 Å². The molecule has 1 aromatic carbocycles. The fourth-order valence-electron chi connectivity index (χ4n) is 5.73. The highest BCUT2D eigenvalue weighted by Crippen LogP contribution is 2.51. The van der Waals surface area contributed by atoms with Crippen molar-refractivity contribution < 1.29 is 4.79 Å². The number of aromatic amines is 1. The molecule has 2 N–H and O–H groups in total. The first kappa shape index (κ1) is 22.8. The Balaban J connectivity index is 0.000000589. The van der Waals surface area contributed by atoms with Crippen molar-refractivity contribution in [1.29, 1.82) is 0 Å². The number of rotatable bonds is 5. The highest BCUT2D eigenvalue weighted by molar-refractivity contribution is 5.85. The third-order valence-electron chi connectivity index (χ3n) is 7.78. The summed E-state index contributed by atoms with van der Waals surface area (Å²) >= 11 is 0. The third kappa shape index (κ3) is 4.02. The van der Waals surface area contributed by atoms with Crippen LogP contribution in [0, 0.1) is 0 Å². The number of carbonyl (C=O) groups is 1. The van der Waals surface area contributed by atoms with E-state index in [-0.39, 0.29) is 5.54 Å². The maximum Gasteiger partial charge on any atom is 0.206 e. The second-order valence-corrected chi connectivity index (χ2v) is 9.36. The topological polar surface area (TPSA) is 51.4 Å². The average Bonchev–Trinajstić information content (AvgIpc) is 3.16. The Morgan fingerprint density at radius 2 is 1.87 bits per heavy atom. The van der Waals surface area contributed by atoms with Crippen molar-refractivity contribution in [2.24, 2.45) is 0 Å². The first-order chi connectivity index (χ1) is 14.4. The smallest absolute Gasteiger partial charge is 0.206 e. The molecule has 166 valence electrons. The predicted octanol–water partition coefficient (Wildman–Crippen LogP) is 4.28. The van der Waals surface area contributed by atoms with Gasteiger partial charge in [-0.1, -0.05) is 38.0 Å². The normalized spacial score (nSPS) is 26.3. The van der Waals surface area contributed by atoms with E-state index < -0.39 is 0 Å². The van der Waals surface area contributed by atoms with Crippen molar-refractivity contribution in [2.75, 3.05) is 34.7 Å². The summed E-state index contributed by atoms with van der Waals surface area (Å²) in [6, 6.07) is 8.89. The Labute approximate surface area is 182 Å². The van der Waals surface area contributed by atoms with E-state index in [4.69, 9.17) is 4.79 Å². The third-order valence-corrected chi connectivity index (χ3v) is 7.78. The predicted molar refractivity (Wildman–Crippen MR) is 126 cm³/mol. The summed E-state index contributed by atoms with van der Waals surface area (Å²) in [5, 5.41) is 3.70. The standard InChI is InChI=1S/C23H35N3.C2H5NO/c1-5-6-12-22(25(2)3)13-15-23(16-14-22)21-19(11-17-26(23)4)18-9-7-8-10-20(18)24-21;1-3-2-4/h7-10,24H,5-6,11-17H2,1-4H3;2H,1H3,(H,3,4). The lowest BCUT2D eigenvalue weighted by Crippen LogP contribution is -2.56. The Kier molecular flexibility index (Phi) is 7.25. The summed E-state index contributed by atoms with van der Waals surface area (Å²) in [4.78, 5) is 18.1. The minimum atomic E-state index is 0.207. The number of nitrogens with one attached hydrogen (secondary N) is 2. The molecule has 4 rings (SSSR count). The van der Waals surface area contributed by atoms with Crippen LogP contribution in [0.2, 0.25) is 0 Å². The fourth-order valence-corrected chi connectivity index (χ4v) is 5.73. The fraction of sp³-hybridized carbons (Fsp3) is 0.640. The van der Waals surface area contributed by atoms with Crippen LogP contribution in [0.25, 0.3) is 10.9 Å². The number of carbonyl (C=O) groups excluding carboxylic acids is 1. The minimum absolute atomic E-state index is 0.207. The van der Waals surface area contributed by atoms with Crippen LogP contribution in [-0.2, 0) is 16.8 Å². The van der Waals surface area contributed by atoms with Gasteiger partial charge in [0.2, 0.25) is 6.41 Å². The van der Waals surface area contributed by atoms with Gasteiger partial charge in [-0.05, 0) is 71.3 Å². The van der Waals surface area contributed by atoms with E-state index in [0.29, 0.717) is 11.9 Å². The second kappa shape index (κ2) is 9.52. The van der Waals surface area contributed by atoms with Crippen LogP contribution < -0.4 is 5.32 Å². The lowest BCUT2D eigenvalue weighted by Gasteiger charge is -2.54. The number of amides is 1. The maximum atomic E-state index is 9.06. The van der Waals surface area contributed by atoms with Gasteiger partial charge in [0.25, 0.3) is 0 Å². The molecule has 1 aromatic heterocycles. The molecular weight excluding hydrogens is 372 g/mol. The van der Waals surface area contributed by atoms with Crippen LogP contribution in [0.4, 0.5) is 0 Å². The zero-order chi connectivity index (χ0) is 21.8. The monoisotopic (exact) mass is 412 g/mol. The van der Waals surface area contributed by atoms with Gasteiger partial charge >= 0.3 is 0 Å². The SMILES string of the molecule is CCCCC1(N(C)C)CCC2(CC1)c1[nH]c3ccccc3c1CCN2C.CNC=O. The van der Waals surface area contributed by atoms with Crippen molar-refractivity contribution in [2.45, 2.75) is 69.4 Å². The van der Waals surface area contributed by atoms with E-state index in [9.17, 15) is 0 Å². The Bertz CT molecular complexity index is 833. The first-order valence-electron chi connectivity index (χ1n) is 11.5. The van der Waals surface area contributed by atoms with Gasteiger partial charge in [0.1, 0.15) is 0 Å². The number of fused-ring (bicyclic) bond motifs is 4. The molecule has 0 unspecified atom stereocenters. The van der Waals surface area contributed by atoms with Crippen molar-refractivity contribution in [3.63, 3.8) is 0 Å². The first-order valence-corrected chi connectivity index (χ1v) is 11.5. The lowest BCUT2D eigenvalue weighted by atomic mass is 9.66. The summed E-state index contributed by atoms with van der Waals surface area (Å²) in [7, 11) is 8.51. The van der Waals surface area contributed by atoms with Gasteiger partial charge in [-0.25, -0.2) is 0 Å². The van der Waals surface area contributed by atoms with Crippen LogP contribution in [0.15, 0.2) is 24.3 Å². The van der Waals surface area contributed by atoms with E-state index >= 15 is 0 Å². The summed E-state index contributed by atoms with van der Waals surface area (Å²) in [5.41, 5.74) is 5.03. The van der Waals surface area contributed by atoms with Gasteiger partial charge in [0.15, 0.2) is 0 Å². The molecule has 0 radical (unpaired) electrons. The van der Waals surface area contributed by atoms with Crippen LogP contribution in [0.3, 0.4) is 0 Å². The van der Waals surface area contributed by atoms with Gasteiger partial charge in [-0.3, -0.25) is 9.69 Å². The molecule has 0 atom stereocenters. The van der Waals surface area contributed by atoms with Crippen LogP contribution in [-0.4, -0.2) is 61.5 Å². The Morgan fingerprint density at radius 1 is 1.20 bits per heavy atom. The number of para-hydroxylation sites is 1. The number of benzene rings is 1. The summed E-state index contributed by atoms with van der Waals surface area (Å²) in [5.74, 6) is 0. The van der Waals surface area contributed by atoms with Crippen LogP contribution >= 0.6 is 0 Å². The quantitative estimate of drug-likeness (QED) is 0.721. The van der Waals surface area contributed by atoms with Gasteiger partial charge in [0.05, 0.1) is 5.54 Å². The van der Waals surface area contributed by atoms with E-state index in [2.05, 4.69) is 72.4 Å². The molecule has 1 aliphatic heterocycles. The molecule has 1 saturated carbocycles. The summed E-state index contributed by atoms with van der Waals surface area (Å²) < 4.78 is 0. The van der Waals surface area contributed by atoms with Crippen molar-refractivity contribution >= 4 is 17.3 Å². The summed E-state index contributed by atoms with van der Waals surface area (Å²) in [6.07, 6.45) is 10.9. The molecular formula is C25H40N4O. The highest BCUT2D eigenvalue weighted by atomic mass is 16.1. The number of hydrogen-bond donors (Lipinski definition) is 2. The van der Waals surface area contributed by atoms with E-state index in [1.165, 1.54) is 74.5 Å².